The Hall–Kier alpha value is -1.93. The lowest BCUT2D eigenvalue weighted by atomic mass is 9.79. The molecule has 2 aliphatic heterocycles. The number of rotatable bonds is 7. The lowest BCUT2D eigenvalue weighted by Crippen LogP contribution is -2.41. The molecule has 1 aromatic rings. The van der Waals surface area contributed by atoms with Crippen LogP contribution in [0.3, 0.4) is 0 Å². The zero-order valence-electron chi connectivity index (χ0n) is 14.8. The predicted molar refractivity (Wildman–Crippen MR) is 95.4 cm³/mol. The van der Waals surface area contributed by atoms with Crippen LogP contribution >= 0.6 is 11.3 Å². The minimum Gasteiger partial charge on any atom is -0.481 e. The van der Waals surface area contributed by atoms with Crippen LogP contribution in [0.2, 0.25) is 0 Å². The number of hydrogen-bond acceptors (Lipinski definition) is 6. The van der Waals surface area contributed by atoms with E-state index < -0.39 is 35.8 Å². The number of carboxylic acid groups (broad SMARTS) is 1. The molecule has 4 atom stereocenters. The van der Waals surface area contributed by atoms with Gasteiger partial charge in [-0.25, -0.2) is 4.79 Å². The largest absolute Gasteiger partial charge is 0.481 e. The molecule has 142 valence electrons. The van der Waals surface area contributed by atoms with Crippen LogP contribution in [-0.2, 0) is 25.5 Å². The number of aliphatic carboxylic acids is 1. The van der Waals surface area contributed by atoms with E-state index in [1.54, 1.807) is 13.0 Å². The van der Waals surface area contributed by atoms with Crippen molar-refractivity contribution < 1.29 is 29.0 Å². The molecule has 3 rings (SSSR count). The van der Waals surface area contributed by atoms with Crippen LogP contribution in [0.4, 0.5) is 5.00 Å². The molecule has 2 saturated heterocycles. The molecular formula is C18H23NO6S. The standard InChI is InChI=1S/C18H23NO6S/c1-3-5-9-8-10(18(23)24-4-2)16(26-9)19-15(20)13-11-6-7-12(25-11)14(13)17(21)22/h8,11-14H,3-7H2,1-2H3,(H,19,20)(H,21,22)/t11-,12+,13-,14-/m0/s1. The molecule has 0 aliphatic carbocycles. The van der Waals surface area contributed by atoms with Crippen molar-refractivity contribution in [3.05, 3.63) is 16.5 Å². The van der Waals surface area contributed by atoms with Crippen LogP contribution in [-0.4, -0.2) is 41.8 Å². The Labute approximate surface area is 155 Å². The summed E-state index contributed by atoms with van der Waals surface area (Å²) in [5.41, 5.74) is 0.324. The quantitative estimate of drug-likeness (QED) is 0.704. The van der Waals surface area contributed by atoms with E-state index in [2.05, 4.69) is 5.32 Å². The summed E-state index contributed by atoms with van der Waals surface area (Å²) >= 11 is 1.33. The van der Waals surface area contributed by atoms with Crippen LogP contribution in [0.15, 0.2) is 6.07 Å². The van der Waals surface area contributed by atoms with E-state index in [1.807, 2.05) is 6.92 Å². The van der Waals surface area contributed by atoms with Crippen molar-refractivity contribution in [2.24, 2.45) is 11.8 Å². The van der Waals surface area contributed by atoms with Crippen molar-refractivity contribution >= 4 is 34.2 Å². The second-order valence-corrected chi connectivity index (χ2v) is 7.73. The molecule has 26 heavy (non-hydrogen) atoms. The molecule has 0 aromatic carbocycles. The number of anilines is 1. The minimum atomic E-state index is -1.01. The predicted octanol–water partition coefficient (Wildman–Crippen LogP) is 2.69. The van der Waals surface area contributed by atoms with Crippen molar-refractivity contribution in [1.29, 1.82) is 0 Å². The van der Waals surface area contributed by atoms with Gasteiger partial charge in [-0.1, -0.05) is 13.3 Å². The number of esters is 1. The fraction of sp³-hybridized carbons (Fsp3) is 0.611. The zero-order valence-corrected chi connectivity index (χ0v) is 15.6. The maximum absolute atomic E-state index is 12.8. The highest BCUT2D eigenvalue weighted by Crippen LogP contribution is 2.44. The normalized spacial score (nSPS) is 26.7. The third-order valence-corrected chi connectivity index (χ3v) is 5.98. The van der Waals surface area contributed by atoms with Crippen molar-refractivity contribution in [3.8, 4) is 0 Å². The number of ether oxygens (including phenoxy) is 2. The van der Waals surface area contributed by atoms with Gasteiger partial charge >= 0.3 is 11.9 Å². The molecule has 1 aromatic heterocycles. The van der Waals surface area contributed by atoms with Gasteiger partial charge in [0.05, 0.1) is 36.2 Å². The second-order valence-electron chi connectivity index (χ2n) is 6.60. The number of carboxylic acids is 1. The van der Waals surface area contributed by atoms with Gasteiger partial charge in [0.1, 0.15) is 5.00 Å². The van der Waals surface area contributed by atoms with Crippen molar-refractivity contribution in [1.82, 2.24) is 0 Å². The third kappa shape index (κ3) is 3.48. The molecule has 0 radical (unpaired) electrons. The highest BCUT2D eigenvalue weighted by Gasteiger charge is 2.55. The van der Waals surface area contributed by atoms with Crippen molar-refractivity contribution in [2.75, 3.05) is 11.9 Å². The van der Waals surface area contributed by atoms with E-state index in [0.29, 0.717) is 23.4 Å². The van der Waals surface area contributed by atoms with E-state index in [4.69, 9.17) is 9.47 Å². The highest BCUT2D eigenvalue weighted by atomic mass is 32.1. The fourth-order valence-corrected chi connectivity index (χ4v) is 4.93. The average Bonchev–Trinajstić information content (AvgIpc) is 3.29. The number of fused-ring (bicyclic) bond motifs is 2. The first-order valence-electron chi connectivity index (χ1n) is 8.95. The van der Waals surface area contributed by atoms with Crippen molar-refractivity contribution in [3.63, 3.8) is 0 Å². The van der Waals surface area contributed by atoms with Crippen LogP contribution in [0.5, 0.6) is 0 Å². The van der Waals surface area contributed by atoms with Gasteiger partial charge in [0.25, 0.3) is 0 Å². The molecule has 0 saturated carbocycles. The summed E-state index contributed by atoms with van der Waals surface area (Å²) < 4.78 is 10.7. The van der Waals surface area contributed by atoms with Gasteiger partial charge in [-0.2, -0.15) is 0 Å². The molecule has 3 heterocycles. The van der Waals surface area contributed by atoms with E-state index in [-0.39, 0.29) is 12.7 Å². The molecule has 0 spiro atoms. The van der Waals surface area contributed by atoms with Gasteiger partial charge in [0, 0.05) is 4.88 Å². The van der Waals surface area contributed by atoms with Crippen LogP contribution in [0.1, 0.15) is 48.3 Å². The van der Waals surface area contributed by atoms with Gasteiger partial charge in [-0.3, -0.25) is 9.59 Å². The Kier molecular flexibility index (Phi) is 5.62. The van der Waals surface area contributed by atoms with Crippen LogP contribution in [0.25, 0.3) is 0 Å². The third-order valence-electron chi connectivity index (χ3n) is 4.87. The molecule has 2 bridgehead atoms. The average molecular weight is 381 g/mol. The van der Waals surface area contributed by atoms with Gasteiger partial charge in [-0.05, 0) is 32.3 Å². The monoisotopic (exact) mass is 381 g/mol. The number of hydrogen-bond donors (Lipinski definition) is 2. The van der Waals surface area contributed by atoms with E-state index in [1.165, 1.54) is 11.3 Å². The SMILES string of the molecule is CCCc1cc(C(=O)OCC)c(NC(=O)[C@@H]2[C@@H](C(=O)O)[C@H]3CC[C@@H]2O3)s1. The maximum atomic E-state index is 12.8. The van der Waals surface area contributed by atoms with Gasteiger partial charge in [-0.15, -0.1) is 11.3 Å². The molecular weight excluding hydrogens is 358 g/mol. The molecule has 2 N–H and O–H groups in total. The first kappa shape index (κ1) is 18.8. The van der Waals surface area contributed by atoms with Gasteiger partial charge in [0.15, 0.2) is 0 Å². The number of carbonyl (C=O) groups excluding carboxylic acids is 2. The Bertz CT molecular complexity index is 715. The van der Waals surface area contributed by atoms with E-state index in [9.17, 15) is 19.5 Å². The number of amides is 1. The Balaban J connectivity index is 1.82. The Morgan fingerprint density at radius 3 is 2.58 bits per heavy atom. The minimum absolute atomic E-state index is 0.243. The summed E-state index contributed by atoms with van der Waals surface area (Å²) in [6, 6.07) is 1.74. The van der Waals surface area contributed by atoms with E-state index in [0.717, 1.165) is 17.7 Å². The summed E-state index contributed by atoms with van der Waals surface area (Å²) in [6.07, 6.45) is 2.28. The second kappa shape index (κ2) is 7.75. The first-order chi connectivity index (χ1) is 12.5. The van der Waals surface area contributed by atoms with Crippen molar-refractivity contribution in [2.45, 2.75) is 51.7 Å². The molecule has 2 fully saturated rings. The molecule has 1 amide bonds. The Morgan fingerprint density at radius 2 is 1.96 bits per heavy atom. The molecule has 0 unspecified atom stereocenters. The van der Waals surface area contributed by atoms with Gasteiger partial charge in [0.2, 0.25) is 5.91 Å². The Morgan fingerprint density at radius 1 is 1.27 bits per heavy atom. The summed E-state index contributed by atoms with van der Waals surface area (Å²) in [4.78, 5) is 37.6. The maximum Gasteiger partial charge on any atom is 0.341 e. The number of carbonyl (C=O) groups is 3. The number of aryl methyl sites for hydroxylation is 1. The lowest BCUT2D eigenvalue weighted by molar-refractivity contribution is -0.147. The number of nitrogens with one attached hydrogen (secondary N) is 1. The topological polar surface area (TPSA) is 102 Å². The van der Waals surface area contributed by atoms with Crippen LogP contribution < -0.4 is 5.32 Å². The van der Waals surface area contributed by atoms with Gasteiger partial charge < -0.3 is 19.9 Å². The fourth-order valence-electron chi connectivity index (χ4n) is 3.78. The smallest absolute Gasteiger partial charge is 0.341 e. The summed E-state index contributed by atoms with van der Waals surface area (Å²) in [6.45, 7) is 4.00. The van der Waals surface area contributed by atoms with Crippen LogP contribution in [0, 0.1) is 11.8 Å². The molecule has 7 nitrogen and oxygen atoms in total. The highest BCUT2D eigenvalue weighted by molar-refractivity contribution is 7.16. The molecule has 2 aliphatic rings. The number of thiophene rings is 1. The summed E-state index contributed by atoms with van der Waals surface area (Å²) in [5.74, 6) is -3.48. The summed E-state index contributed by atoms with van der Waals surface area (Å²) in [5, 5.41) is 12.7. The summed E-state index contributed by atoms with van der Waals surface area (Å²) in [7, 11) is 0. The first-order valence-corrected chi connectivity index (χ1v) is 9.76. The van der Waals surface area contributed by atoms with E-state index >= 15 is 0 Å². The molecule has 8 heteroatoms. The zero-order chi connectivity index (χ0) is 18.8. The lowest BCUT2D eigenvalue weighted by Gasteiger charge is -2.23.